The topological polar surface area (TPSA) is 128 Å². The molecule has 0 spiro atoms. The van der Waals surface area contributed by atoms with Gasteiger partial charge in [-0.1, -0.05) is 27.7 Å². The van der Waals surface area contributed by atoms with Gasteiger partial charge in [0.05, 0.1) is 35.6 Å². The van der Waals surface area contributed by atoms with Crippen molar-refractivity contribution in [3.63, 3.8) is 0 Å². The van der Waals surface area contributed by atoms with Gasteiger partial charge in [-0.2, -0.15) is 9.97 Å². The number of aromatic nitrogens is 3. The van der Waals surface area contributed by atoms with Gasteiger partial charge in [0.25, 0.3) is 0 Å². The molecule has 4 atom stereocenters. The molecule has 0 radical (unpaired) electrons. The van der Waals surface area contributed by atoms with E-state index in [0.29, 0.717) is 49.0 Å². The van der Waals surface area contributed by atoms with E-state index in [1.165, 1.54) is 0 Å². The molecule has 45 heavy (non-hydrogen) atoms. The van der Waals surface area contributed by atoms with Gasteiger partial charge in [0.1, 0.15) is 0 Å². The Morgan fingerprint density at radius 1 is 0.733 bits per heavy atom. The van der Waals surface area contributed by atoms with E-state index in [2.05, 4.69) is 62.1 Å². The number of amides is 2. The minimum atomic E-state index is -0.697. The Labute approximate surface area is 275 Å². The Kier molecular flexibility index (Phi) is 11.6. The van der Waals surface area contributed by atoms with Gasteiger partial charge in [0.15, 0.2) is 11.6 Å². The normalized spacial score (nSPS) is 27.1. The molecule has 0 bridgehead atoms. The van der Waals surface area contributed by atoms with Gasteiger partial charge in [-0.3, -0.25) is 30.2 Å². The maximum absolute atomic E-state index is 13.7. The summed E-state index contributed by atoms with van der Waals surface area (Å²) in [7, 11) is 0. The molecule has 2 aliphatic rings. The molecule has 1 aromatic rings. The van der Waals surface area contributed by atoms with Crippen LogP contribution in [0.15, 0.2) is 9.98 Å². The molecule has 252 valence electrons. The number of rotatable bonds is 12. The van der Waals surface area contributed by atoms with Crippen LogP contribution in [0.2, 0.25) is 5.28 Å². The second-order valence-electron chi connectivity index (χ2n) is 14.6. The SMILES string of the molecule is CCC(C)N=C(CN1CC(C)(C)NC(C)(CC)C1=O)c1nc(Cl)nc(C(CN2CC(C)(C)NC(C)(CC)C2=O)=NC(C)CC)n1. The average molecular weight is 646 g/mol. The predicted molar refractivity (Wildman–Crippen MR) is 182 cm³/mol. The van der Waals surface area contributed by atoms with Crippen molar-refractivity contribution in [2.45, 2.75) is 143 Å². The number of halogens is 1. The first-order valence-electron chi connectivity index (χ1n) is 16.5. The summed E-state index contributed by atoms with van der Waals surface area (Å²) in [5.74, 6) is 0.656. The van der Waals surface area contributed by atoms with Gasteiger partial charge < -0.3 is 9.80 Å². The largest absolute Gasteiger partial charge is 0.333 e. The molecule has 1 aromatic heterocycles. The lowest BCUT2D eigenvalue weighted by atomic mass is 9.87. The molecule has 2 amide bonds. The highest BCUT2D eigenvalue weighted by Crippen LogP contribution is 2.27. The summed E-state index contributed by atoms with van der Waals surface area (Å²) in [6.45, 7) is 26.0. The molecule has 0 aliphatic carbocycles. The van der Waals surface area contributed by atoms with Crippen LogP contribution in [0.25, 0.3) is 0 Å². The molecule has 3 rings (SSSR count). The smallest absolute Gasteiger partial charge is 0.243 e. The van der Waals surface area contributed by atoms with Crippen LogP contribution in [0.1, 0.15) is 120 Å². The van der Waals surface area contributed by atoms with E-state index in [9.17, 15) is 9.59 Å². The number of carbonyl (C=O) groups excluding carboxylic acids is 2. The van der Waals surface area contributed by atoms with Gasteiger partial charge in [-0.15, -0.1) is 0 Å². The molecule has 4 unspecified atom stereocenters. The highest BCUT2D eigenvalue weighted by atomic mass is 35.5. The Bertz CT molecular complexity index is 1220. The molecule has 3 heterocycles. The minimum absolute atomic E-state index is 0.0133. The minimum Gasteiger partial charge on any atom is -0.333 e. The first kappa shape index (κ1) is 37.0. The molecular weight excluding hydrogens is 590 g/mol. The van der Waals surface area contributed by atoms with Crippen LogP contribution < -0.4 is 10.6 Å². The van der Waals surface area contributed by atoms with E-state index in [4.69, 9.17) is 26.6 Å². The van der Waals surface area contributed by atoms with E-state index >= 15 is 0 Å². The third-order valence-electron chi connectivity index (χ3n) is 9.07. The first-order chi connectivity index (χ1) is 20.8. The molecule has 0 saturated carbocycles. The monoisotopic (exact) mass is 645 g/mol. The van der Waals surface area contributed by atoms with Crippen molar-refractivity contribution in [2.75, 3.05) is 26.2 Å². The summed E-state index contributed by atoms with van der Waals surface area (Å²) in [6, 6.07) is -0.0495. The van der Waals surface area contributed by atoms with Crippen molar-refractivity contribution in [3.8, 4) is 0 Å². The summed E-state index contributed by atoms with van der Waals surface area (Å²) >= 11 is 6.59. The van der Waals surface area contributed by atoms with Gasteiger partial charge in [0.2, 0.25) is 17.1 Å². The number of nitrogens with zero attached hydrogens (tertiary/aromatic N) is 7. The summed E-state index contributed by atoms with van der Waals surface area (Å²) in [5.41, 5.74) is -0.848. The quantitative estimate of drug-likeness (QED) is 0.321. The van der Waals surface area contributed by atoms with Crippen molar-refractivity contribution in [3.05, 3.63) is 16.9 Å². The Hall–Kier alpha value is -2.50. The molecule has 2 aliphatic heterocycles. The molecule has 2 N–H and O–H groups in total. The summed E-state index contributed by atoms with van der Waals surface area (Å²) in [5, 5.41) is 7.08. The van der Waals surface area contributed by atoms with Crippen LogP contribution in [0.5, 0.6) is 0 Å². The zero-order chi connectivity index (χ0) is 34.0. The van der Waals surface area contributed by atoms with E-state index in [1.807, 2.05) is 51.3 Å². The number of nitrogens with one attached hydrogen (secondary N) is 2. The molecule has 11 nitrogen and oxygen atoms in total. The lowest BCUT2D eigenvalue weighted by molar-refractivity contribution is -0.144. The van der Waals surface area contributed by atoms with Crippen LogP contribution >= 0.6 is 11.6 Å². The third kappa shape index (κ3) is 8.86. The Morgan fingerprint density at radius 2 is 1.09 bits per heavy atom. The molecule has 2 saturated heterocycles. The van der Waals surface area contributed by atoms with Crippen LogP contribution in [-0.2, 0) is 9.59 Å². The molecule has 12 heteroatoms. The average Bonchev–Trinajstić information content (AvgIpc) is 2.96. The predicted octanol–water partition coefficient (Wildman–Crippen LogP) is 4.46. The van der Waals surface area contributed by atoms with Crippen molar-refractivity contribution >= 4 is 34.8 Å². The lowest BCUT2D eigenvalue weighted by Crippen LogP contribution is -2.71. The maximum atomic E-state index is 13.7. The number of aliphatic imine (C=N–C) groups is 2. The molecular formula is C33H56ClN9O2. The standard InChI is InChI=1S/C33H56ClN9O2/c1-13-21(5)35-23(17-42-19-30(7,8)40-32(11,15-3)27(42)44)25-37-26(39-29(34)38-25)24(36-22(6)14-2)18-43-20-31(9,10)41-33(12,16-4)28(43)45/h21-22,40-41H,13-20H2,1-12H3. The van der Waals surface area contributed by atoms with Crippen molar-refractivity contribution in [1.82, 2.24) is 35.4 Å². The maximum Gasteiger partial charge on any atom is 0.243 e. The highest BCUT2D eigenvalue weighted by Gasteiger charge is 2.47. The summed E-state index contributed by atoms with van der Waals surface area (Å²) in [4.78, 5) is 55.1. The third-order valence-corrected chi connectivity index (χ3v) is 9.24. The number of carbonyl (C=O) groups is 2. The second kappa shape index (κ2) is 14.1. The van der Waals surface area contributed by atoms with Gasteiger partial charge in [0, 0.05) is 36.3 Å². The van der Waals surface area contributed by atoms with E-state index in [-0.39, 0.29) is 53.3 Å². The van der Waals surface area contributed by atoms with E-state index in [0.717, 1.165) is 12.8 Å². The zero-order valence-electron chi connectivity index (χ0n) is 29.6. The lowest BCUT2D eigenvalue weighted by Gasteiger charge is -2.48. The van der Waals surface area contributed by atoms with Gasteiger partial charge in [-0.25, -0.2) is 4.98 Å². The molecule has 0 aromatic carbocycles. The van der Waals surface area contributed by atoms with Crippen LogP contribution in [0.3, 0.4) is 0 Å². The zero-order valence-corrected chi connectivity index (χ0v) is 30.4. The first-order valence-corrected chi connectivity index (χ1v) is 16.9. The van der Waals surface area contributed by atoms with Crippen LogP contribution in [-0.4, -0.2) is 108 Å². The highest BCUT2D eigenvalue weighted by molar-refractivity contribution is 6.28. The number of hydrogen-bond acceptors (Lipinski definition) is 9. The Morgan fingerprint density at radius 3 is 1.40 bits per heavy atom. The summed E-state index contributed by atoms with van der Waals surface area (Å²) in [6.07, 6.45) is 2.92. The van der Waals surface area contributed by atoms with Crippen LogP contribution in [0, 0.1) is 0 Å². The van der Waals surface area contributed by atoms with E-state index in [1.54, 1.807) is 0 Å². The number of hydrogen-bond donors (Lipinski definition) is 2. The van der Waals surface area contributed by atoms with Gasteiger partial charge >= 0.3 is 0 Å². The number of piperazine rings is 2. The fourth-order valence-electron chi connectivity index (χ4n) is 6.23. The van der Waals surface area contributed by atoms with Crippen molar-refractivity contribution < 1.29 is 9.59 Å². The Balaban J connectivity index is 2.10. The van der Waals surface area contributed by atoms with Crippen molar-refractivity contribution in [2.24, 2.45) is 9.98 Å². The van der Waals surface area contributed by atoms with E-state index < -0.39 is 11.1 Å². The van der Waals surface area contributed by atoms with Crippen molar-refractivity contribution in [1.29, 1.82) is 0 Å². The fraction of sp³-hybridized carbons (Fsp3) is 0.788. The second-order valence-corrected chi connectivity index (χ2v) is 15.0. The fourth-order valence-corrected chi connectivity index (χ4v) is 6.39. The molecule has 2 fully saturated rings. The van der Waals surface area contributed by atoms with Crippen LogP contribution in [0.4, 0.5) is 0 Å². The van der Waals surface area contributed by atoms with Gasteiger partial charge in [-0.05, 0) is 92.7 Å². The summed E-state index contributed by atoms with van der Waals surface area (Å²) < 4.78 is 0.